The molecule has 8 heteroatoms. The smallest absolute Gasteiger partial charge is 0.263 e. The van der Waals surface area contributed by atoms with Gasteiger partial charge in [-0.15, -0.1) is 0 Å². The van der Waals surface area contributed by atoms with Crippen LogP contribution in [0.5, 0.6) is 5.75 Å². The van der Waals surface area contributed by atoms with Gasteiger partial charge < -0.3 is 14.4 Å². The summed E-state index contributed by atoms with van der Waals surface area (Å²) in [6.45, 7) is 3.67. The molecule has 156 valence electrons. The summed E-state index contributed by atoms with van der Waals surface area (Å²) in [5, 5.41) is 0. The fraction of sp³-hybridized carbons (Fsp3) is 0.381. The van der Waals surface area contributed by atoms with E-state index in [-0.39, 0.29) is 10.8 Å². The molecule has 7 nitrogen and oxygen atoms in total. The second-order valence-electron chi connectivity index (χ2n) is 6.93. The monoisotopic (exact) mass is 418 g/mol. The lowest BCUT2D eigenvalue weighted by Crippen LogP contribution is -2.40. The topological polar surface area (TPSA) is 76.1 Å². The summed E-state index contributed by atoms with van der Waals surface area (Å²) in [5.41, 5.74) is 1.04. The number of morpholine rings is 1. The predicted octanol–water partition coefficient (Wildman–Crippen LogP) is 2.13. The highest BCUT2D eigenvalue weighted by atomic mass is 32.2. The van der Waals surface area contributed by atoms with Crippen molar-refractivity contribution >= 4 is 15.9 Å². The van der Waals surface area contributed by atoms with E-state index in [0.717, 1.165) is 5.56 Å². The Balaban J connectivity index is 1.60. The number of rotatable bonds is 7. The molecule has 1 saturated heterocycles. The minimum atomic E-state index is -3.55. The fourth-order valence-corrected chi connectivity index (χ4v) is 4.53. The molecule has 0 aromatic heterocycles. The third-order valence-corrected chi connectivity index (χ3v) is 6.64. The van der Waals surface area contributed by atoms with Gasteiger partial charge in [-0.2, -0.15) is 4.31 Å². The summed E-state index contributed by atoms with van der Waals surface area (Å²) in [6, 6.07) is 15.9. The van der Waals surface area contributed by atoms with Crippen molar-refractivity contribution in [2.45, 2.75) is 24.5 Å². The average molecular weight is 419 g/mol. The molecule has 29 heavy (non-hydrogen) atoms. The number of likely N-dealkylation sites (N-methyl/N-ethyl adjacent to an activating group) is 1. The van der Waals surface area contributed by atoms with E-state index < -0.39 is 16.1 Å². The van der Waals surface area contributed by atoms with Crippen LogP contribution < -0.4 is 4.74 Å². The summed E-state index contributed by atoms with van der Waals surface area (Å²) in [7, 11) is -1.82. The molecular formula is C21H26N2O5S. The molecule has 0 aliphatic carbocycles. The first-order valence-corrected chi connectivity index (χ1v) is 11.0. The molecule has 3 rings (SSSR count). The first kappa shape index (κ1) is 21.3. The van der Waals surface area contributed by atoms with Crippen molar-refractivity contribution in [3.63, 3.8) is 0 Å². The molecule has 0 radical (unpaired) electrons. The van der Waals surface area contributed by atoms with Crippen molar-refractivity contribution in [2.75, 3.05) is 33.4 Å². The van der Waals surface area contributed by atoms with Crippen LogP contribution in [-0.2, 0) is 26.1 Å². The minimum absolute atomic E-state index is 0.154. The molecule has 0 saturated carbocycles. The first-order chi connectivity index (χ1) is 13.9. The Morgan fingerprint density at radius 1 is 1.10 bits per heavy atom. The van der Waals surface area contributed by atoms with Crippen LogP contribution in [0.3, 0.4) is 0 Å². The van der Waals surface area contributed by atoms with Crippen molar-refractivity contribution in [3.05, 3.63) is 60.2 Å². The van der Waals surface area contributed by atoms with Crippen LogP contribution in [-0.4, -0.2) is 63.0 Å². The maximum atomic E-state index is 12.7. The number of nitrogens with zero attached hydrogens (tertiary/aromatic N) is 2. The SMILES string of the molecule is C[C@H](Oc1ccc(S(=O)(=O)N2CCOCC2)cc1)C(=O)N(C)Cc1ccccc1. The van der Waals surface area contributed by atoms with Gasteiger partial charge in [-0.05, 0) is 36.8 Å². The molecule has 1 aliphatic rings. The zero-order valence-corrected chi connectivity index (χ0v) is 17.5. The van der Waals surface area contributed by atoms with Crippen LogP contribution in [0.2, 0.25) is 0 Å². The molecule has 1 aliphatic heterocycles. The number of hydrogen-bond acceptors (Lipinski definition) is 5. The van der Waals surface area contributed by atoms with E-state index in [1.807, 2.05) is 30.3 Å². The number of ether oxygens (including phenoxy) is 2. The number of benzene rings is 2. The lowest BCUT2D eigenvalue weighted by atomic mass is 10.2. The minimum Gasteiger partial charge on any atom is -0.481 e. The zero-order valence-electron chi connectivity index (χ0n) is 16.7. The van der Waals surface area contributed by atoms with Crippen molar-refractivity contribution in [1.82, 2.24) is 9.21 Å². The van der Waals surface area contributed by atoms with E-state index in [1.54, 1.807) is 31.0 Å². The zero-order chi connectivity index (χ0) is 20.9. The molecule has 0 spiro atoms. The molecule has 0 N–H and O–H groups in total. The predicted molar refractivity (Wildman–Crippen MR) is 109 cm³/mol. The van der Waals surface area contributed by atoms with Crippen molar-refractivity contribution in [3.8, 4) is 5.75 Å². The van der Waals surface area contributed by atoms with Crippen LogP contribution in [0.15, 0.2) is 59.5 Å². The van der Waals surface area contributed by atoms with Gasteiger partial charge in [0.1, 0.15) is 5.75 Å². The van der Waals surface area contributed by atoms with Gasteiger partial charge in [0.25, 0.3) is 5.91 Å². The summed E-state index contributed by atoms with van der Waals surface area (Å²) in [5.74, 6) is 0.291. The lowest BCUT2D eigenvalue weighted by Gasteiger charge is -2.26. The highest BCUT2D eigenvalue weighted by molar-refractivity contribution is 7.89. The van der Waals surface area contributed by atoms with Crippen LogP contribution in [0.4, 0.5) is 0 Å². The van der Waals surface area contributed by atoms with Gasteiger partial charge in [-0.1, -0.05) is 30.3 Å². The van der Waals surface area contributed by atoms with E-state index in [0.29, 0.717) is 38.6 Å². The normalized spacial score (nSPS) is 16.2. The summed E-state index contributed by atoms with van der Waals surface area (Å²) >= 11 is 0. The van der Waals surface area contributed by atoms with Crippen molar-refractivity contribution in [2.24, 2.45) is 0 Å². The van der Waals surface area contributed by atoms with Gasteiger partial charge in [0, 0.05) is 26.7 Å². The second kappa shape index (κ2) is 9.39. The van der Waals surface area contributed by atoms with E-state index in [4.69, 9.17) is 9.47 Å². The molecule has 1 amide bonds. The molecule has 0 bridgehead atoms. The Morgan fingerprint density at radius 2 is 1.72 bits per heavy atom. The average Bonchev–Trinajstić information content (AvgIpc) is 2.75. The highest BCUT2D eigenvalue weighted by Gasteiger charge is 2.26. The van der Waals surface area contributed by atoms with Crippen LogP contribution >= 0.6 is 0 Å². The van der Waals surface area contributed by atoms with Crippen LogP contribution in [0.25, 0.3) is 0 Å². The summed E-state index contributed by atoms with van der Waals surface area (Å²) in [6.07, 6.45) is -0.689. The van der Waals surface area contributed by atoms with Crippen LogP contribution in [0.1, 0.15) is 12.5 Å². The van der Waals surface area contributed by atoms with Gasteiger partial charge in [-0.3, -0.25) is 4.79 Å². The summed E-state index contributed by atoms with van der Waals surface area (Å²) in [4.78, 5) is 14.4. The largest absolute Gasteiger partial charge is 0.481 e. The molecular weight excluding hydrogens is 392 g/mol. The number of hydrogen-bond donors (Lipinski definition) is 0. The molecule has 2 aromatic rings. The van der Waals surface area contributed by atoms with Gasteiger partial charge in [0.15, 0.2) is 6.10 Å². The number of carbonyl (C=O) groups is 1. The summed E-state index contributed by atoms with van der Waals surface area (Å²) < 4.78 is 37.7. The van der Waals surface area contributed by atoms with E-state index >= 15 is 0 Å². The van der Waals surface area contributed by atoms with E-state index in [9.17, 15) is 13.2 Å². The first-order valence-electron chi connectivity index (χ1n) is 9.51. The van der Waals surface area contributed by atoms with E-state index in [1.165, 1.54) is 16.4 Å². The van der Waals surface area contributed by atoms with E-state index in [2.05, 4.69) is 0 Å². The Morgan fingerprint density at radius 3 is 2.34 bits per heavy atom. The Hall–Kier alpha value is -2.42. The van der Waals surface area contributed by atoms with Crippen molar-refractivity contribution < 1.29 is 22.7 Å². The van der Waals surface area contributed by atoms with Gasteiger partial charge in [-0.25, -0.2) is 8.42 Å². The number of sulfonamides is 1. The standard InChI is InChI=1S/C21H26N2O5S/c1-17(21(24)22(2)16-18-6-4-3-5-7-18)28-19-8-10-20(11-9-19)29(25,26)23-12-14-27-15-13-23/h3-11,17H,12-16H2,1-2H3/t17-/m0/s1. The molecule has 1 fully saturated rings. The van der Waals surface area contributed by atoms with Gasteiger partial charge >= 0.3 is 0 Å². The third kappa shape index (κ3) is 5.35. The third-order valence-electron chi connectivity index (χ3n) is 4.73. The Labute approximate surface area is 171 Å². The Kier molecular flexibility index (Phi) is 6.89. The van der Waals surface area contributed by atoms with Crippen LogP contribution in [0, 0.1) is 0 Å². The number of carbonyl (C=O) groups excluding carboxylic acids is 1. The second-order valence-corrected chi connectivity index (χ2v) is 8.87. The fourth-order valence-electron chi connectivity index (χ4n) is 3.13. The van der Waals surface area contributed by atoms with Crippen molar-refractivity contribution in [1.29, 1.82) is 0 Å². The molecule has 1 heterocycles. The molecule has 1 atom stereocenters. The molecule has 2 aromatic carbocycles. The van der Waals surface area contributed by atoms with Gasteiger partial charge in [0.2, 0.25) is 10.0 Å². The lowest BCUT2D eigenvalue weighted by molar-refractivity contribution is -0.137. The Bertz CT molecular complexity index is 910. The van der Waals surface area contributed by atoms with Gasteiger partial charge in [0.05, 0.1) is 18.1 Å². The maximum Gasteiger partial charge on any atom is 0.263 e. The molecule has 0 unspecified atom stereocenters. The maximum absolute atomic E-state index is 12.7. The number of amides is 1. The quantitative estimate of drug-likeness (QED) is 0.689. The highest BCUT2D eigenvalue weighted by Crippen LogP contribution is 2.21.